The lowest BCUT2D eigenvalue weighted by molar-refractivity contribution is -0.122. The van der Waals surface area contributed by atoms with E-state index in [1.807, 2.05) is 45.8 Å². The third-order valence-corrected chi connectivity index (χ3v) is 4.76. The van der Waals surface area contributed by atoms with Crippen molar-refractivity contribution in [1.82, 2.24) is 14.9 Å². The first-order valence-corrected chi connectivity index (χ1v) is 9.34. The van der Waals surface area contributed by atoms with Crippen molar-refractivity contribution in [3.8, 4) is 0 Å². The van der Waals surface area contributed by atoms with Crippen LogP contribution in [0.4, 0.5) is 0 Å². The molecule has 3 aromatic rings. The maximum Gasteiger partial charge on any atom is 0.237 e. The van der Waals surface area contributed by atoms with E-state index in [1.54, 1.807) is 6.33 Å². The van der Waals surface area contributed by atoms with Crippen LogP contribution in [0.5, 0.6) is 0 Å². The number of hydrogen-bond donors (Lipinski definition) is 3. The molecule has 0 spiro atoms. The molecule has 136 valence electrons. The SMILES string of the molecule is N[C@@H](Cc1cn(Cc2ccccc2)cn1)C(=O)NCC(O)c1ccsc1. The predicted octanol–water partition coefficient (Wildman–Crippen LogP) is 1.71. The summed E-state index contributed by atoms with van der Waals surface area (Å²) in [6.07, 6.45) is 3.28. The van der Waals surface area contributed by atoms with Crippen LogP contribution in [0, 0.1) is 0 Å². The molecule has 0 bridgehead atoms. The number of carbonyl (C=O) groups is 1. The molecule has 6 nitrogen and oxygen atoms in total. The van der Waals surface area contributed by atoms with Crippen molar-refractivity contribution < 1.29 is 9.90 Å². The first-order chi connectivity index (χ1) is 12.6. The number of nitrogens with one attached hydrogen (secondary N) is 1. The highest BCUT2D eigenvalue weighted by molar-refractivity contribution is 7.07. The Morgan fingerprint density at radius 1 is 1.31 bits per heavy atom. The summed E-state index contributed by atoms with van der Waals surface area (Å²) in [7, 11) is 0. The number of nitrogens with zero attached hydrogens (tertiary/aromatic N) is 2. The first kappa shape index (κ1) is 18.3. The Kier molecular flexibility index (Phi) is 6.17. The molecule has 0 aliphatic heterocycles. The van der Waals surface area contributed by atoms with Gasteiger partial charge in [0.05, 0.1) is 24.2 Å². The number of thiophene rings is 1. The standard InChI is InChI=1S/C19H22N4O2S/c20-17(19(25)21-9-18(24)15-6-7-26-12-15)8-16-11-23(13-22-16)10-14-4-2-1-3-5-14/h1-7,11-13,17-18,24H,8-10,20H2,(H,21,25)/t17-,18?/m0/s1. The van der Waals surface area contributed by atoms with Gasteiger partial charge in [-0.05, 0) is 28.0 Å². The Labute approximate surface area is 156 Å². The second-order valence-corrected chi connectivity index (χ2v) is 6.93. The molecule has 1 aromatic carbocycles. The van der Waals surface area contributed by atoms with Crippen molar-refractivity contribution in [3.05, 3.63) is 76.5 Å². The van der Waals surface area contributed by atoms with Crippen LogP contribution in [0.25, 0.3) is 0 Å². The van der Waals surface area contributed by atoms with Crippen LogP contribution in [0.15, 0.2) is 59.7 Å². The van der Waals surface area contributed by atoms with Crippen LogP contribution in [0.3, 0.4) is 0 Å². The summed E-state index contributed by atoms with van der Waals surface area (Å²) in [6, 6.07) is 11.2. The van der Waals surface area contributed by atoms with Crippen molar-refractivity contribution in [2.45, 2.75) is 25.1 Å². The van der Waals surface area contributed by atoms with Gasteiger partial charge in [-0.15, -0.1) is 0 Å². The van der Waals surface area contributed by atoms with E-state index in [-0.39, 0.29) is 12.5 Å². The quantitative estimate of drug-likeness (QED) is 0.563. The number of aliphatic hydroxyl groups excluding tert-OH is 1. The minimum atomic E-state index is -0.720. The summed E-state index contributed by atoms with van der Waals surface area (Å²) >= 11 is 1.51. The molecule has 1 unspecified atom stereocenters. The fourth-order valence-corrected chi connectivity index (χ4v) is 3.33. The van der Waals surface area contributed by atoms with Crippen LogP contribution >= 0.6 is 11.3 Å². The largest absolute Gasteiger partial charge is 0.387 e. The maximum absolute atomic E-state index is 12.1. The number of aliphatic hydroxyl groups is 1. The highest BCUT2D eigenvalue weighted by Gasteiger charge is 2.17. The fourth-order valence-electron chi connectivity index (χ4n) is 2.62. The highest BCUT2D eigenvalue weighted by Crippen LogP contribution is 2.15. The van der Waals surface area contributed by atoms with Crippen LogP contribution in [-0.2, 0) is 17.8 Å². The van der Waals surface area contributed by atoms with Crippen LogP contribution in [0.1, 0.15) is 22.9 Å². The third-order valence-electron chi connectivity index (χ3n) is 4.06. The lowest BCUT2D eigenvalue weighted by Crippen LogP contribution is -2.43. The predicted molar refractivity (Wildman–Crippen MR) is 102 cm³/mol. The number of aromatic nitrogens is 2. The smallest absolute Gasteiger partial charge is 0.237 e. The summed E-state index contributed by atoms with van der Waals surface area (Å²) < 4.78 is 1.97. The Bertz CT molecular complexity index is 817. The molecule has 0 saturated carbocycles. The number of nitrogens with two attached hydrogens (primary N) is 1. The van der Waals surface area contributed by atoms with Crippen LogP contribution in [0.2, 0.25) is 0 Å². The second-order valence-electron chi connectivity index (χ2n) is 6.15. The molecule has 3 rings (SSSR count). The van der Waals surface area contributed by atoms with Crippen molar-refractivity contribution >= 4 is 17.2 Å². The molecule has 0 aliphatic rings. The monoisotopic (exact) mass is 370 g/mol. The molecule has 2 aromatic heterocycles. The number of hydrogen-bond acceptors (Lipinski definition) is 5. The van der Waals surface area contributed by atoms with Gasteiger partial charge in [0, 0.05) is 25.7 Å². The lowest BCUT2D eigenvalue weighted by atomic mass is 10.1. The minimum Gasteiger partial charge on any atom is -0.387 e. The molecule has 0 fully saturated rings. The first-order valence-electron chi connectivity index (χ1n) is 8.40. The lowest BCUT2D eigenvalue weighted by Gasteiger charge is -2.14. The van der Waals surface area contributed by atoms with Crippen LogP contribution < -0.4 is 11.1 Å². The van der Waals surface area contributed by atoms with E-state index in [1.165, 1.54) is 16.9 Å². The summed E-state index contributed by atoms with van der Waals surface area (Å²) in [4.78, 5) is 16.5. The van der Waals surface area contributed by atoms with E-state index in [9.17, 15) is 9.90 Å². The molecule has 2 atom stereocenters. The van der Waals surface area contributed by atoms with Crippen LogP contribution in [-0.4, -0.2) is 33.2 Å². The molecule has 26 heavy (non-hydrogen) atoms. The number of rotatable bonds is 8. The van der Waals surface area contributed by atoms with Crippen molar-refractivity contribution in [1.29, 1.82) is 0 Å². The zero-order valence-corrected chi connectivity index (χ0v) is 15.1. The van der Waals surface area contributed by atoms with E-state index in [4.69, 9.17) is 5.73 Å². The van der Waals surface area contributed by atoms with Crippen molar-refractivity contribution in [3.63, 3.8) is 0 Å². The Morgan fingerprint density at radius 3 is 2.85 bits per heavy atom. The number of imidazole rings is 1. The van der Waals surface area contributed by atoms with Crippen molar-refractivity contribution in [2.24, 2.45) is 5.73 Å². The topological polar surface area (TPSA) is 93.2 Å². The van der Waals surface area contributed by atoms with Gasteiger partial charge in [-0.3, -0.25) is 4.79 Å². The van der Waals surface area contributed by atoms with E-state index < -0.39 is 12.1 Å². The van der Waals surface area contributed by atoms with Gasteiger partial charge in [-0.1, -0.05) is 30.3 Å². The zero-order valence-electron chi connectivity index (χ0n) is 14.3. The van der Waals surface area contributed by atoms with E-state index in [0.29, 0.717) is 6.42 Å². The van der Waals surface area contributed by atoms with Gasteiger partial charge in [0.1, 0.15) is 0 Å². The van der Waals surface area contributed by atoms with Crippen molar-refractivity contribution in [2.75, 3.05) is 6.54 Å². The Morgan fingerprint density at radius 2 is 2.12 bits per heavy atom. The van der Waals surface area contributed by atoms with E-state index in [2.05, 4.69) is 22.4 Å². The summed E-state index contributed by atoms with van der Waals surface area (Å²) in [5.74, 6) is -0.295. The van der Waals surface area contributed by atoms with E-state index in [0.717, 1.165) is 17.8 Å². The zero-order chi connectivity index (χ0) is 18.4. The molecule has 1 amide bonds. The number of amides is 1. The van der Waals surface area contributed by atoms with Gasteiger partial charge in [-0.2, -0.15) is 11.3 Å². The Balaban J connectivity index is 1.48. The third kappa shape index (κ3) is 5.01. The van der Waals surface area contributed by atoms with Gasteiger partial charge < -0.3 is 20.7 Å². The van der Waals surface area contributed by atoms with Gasteiger partial charge in [0.2, 0.25) is 5.91 Å². The maximum atomic E-state index is 12.1. The Hall–Kier alpha value is -2.48. The molecule has 2 heterocycles. The molecule has 0 radical (unpaired) electrons. The molecule has 4 N–H and O–H groups in total. The molecule has 7 heteroatoms. The average molecular weight is 370 g/mol. The number of carbonyl (C=O) groups excluding carboxylic acids is 1. The molecular formula is C19H22N4O2S. The van der Waals surface area contributed by atoms with E-state index >= 15 is 0 Å². The molecule has 0 saturated heterocycles. The van der Waals surface area contributed by atoms with Gasteiger partial charge >= 0.3 is 0 Å². The van der Waals surface area contributed by atoms with Gasteiger partial charge in [0.25, 0.3) is 0 Å². The highest BCUT2D eigenvalue weighted by atomic mass is 32.1. The summed E-state index contributed by atoms with van der Waals surface area (Å²) in [5.41, 5.74) is 8.72. The second kappa shape index (κ2) is 8.75. The average Bonchev–Trinajstić information content (AvgIpc) is 3.32. The minimum absolute atomic E-state index is 0.145. The molecular weight excluding hydrogens is 348 g/mol. The number of benzene rings is 1. The van der Waals surface area contributed by atoms with Gasteiger partial charge in [0.15, 0.2) is 0 Å². The fraction of sp³-hybridized carbons (Fsp3) is 0.263. The normalized spacial score (nSPS) is 13.3. The molecule has 0 aliphatic carbocycles. The van der Waals surface area contributed by atoms with Gasteiger partial charge in [-0.25, -0.2) is 4.98 Å². The summed E-state index contributed by atoms with van der Waals surface area (Å²) in [6.45, 7) is 0.869. The summed E-state index contributed by atoms with van der Waals surface area (Å²) in [5, 5.41) is 16.4.